The summed E-state index contributed by atoms with van der Waals surface area (Å²) in [5.41, 5.74) is -0.499. The van der Waals surface area contributed by atoms with Gasteiger partial charge in [0.2, 0.25) is 0 Å². The zero-order valence-electron chi connectivity index (χ0n) is 10.9. The molecule has 0 aliphatic heterocycles. The number of nitrogens with zero attached hydrogens (tertiary/aromatic N) is 3. The van der Waals surface area contributed by atoms with E-state index in [2.05, 4.69) is 10.1 Å². The molecule has 8 heteroatoms. The highest BCUT2D eigenvalue weighted by atomic mass is 16.4. The van der Waals surface area contributed by atoms with E-state index in [1.165, 1.54) is 29.1 Å². The van der Waals surface area contributed by atoms with E-state index in [0.29, 0.717) is 16.7 Å². The number of benzene rings is 1. The summed E-state index contributed by atoms with van der Waals surface area (Å²) < 4.78 is 2.63. The van der Waals surface area contributed by atoms with Crippen LogP contribution in [0.25, 0.3) is 16.7 Å². The van der Waals surface area contributed by atoms with E-state index in [4.69, 9.17) is 5.11 Å². The molecule has 3 aromatic rings. The van der Waals surface area contributed by atoms with Gasteiger partial charge in [-0.3, -0.25) is 18.8 Å². The molecule has 3 rings (SSSR count). The molecule has 0 saturated heterocycles. The van der Waals surface area contributed by atoms with Gasteiger partial charge in [0, 0.05) is 13.2 Å². The van der Waals surface area contributed by atoms with Gasteiger partial charge in [0.05, 0.1) is 28.5 Å². The average Bonchev–Trinajstić information content (AvgIpc) is 2.86. The zero-order chi connectivity index (χ0) is 15.1. The SMILES string of the molecule is Cn1cc(-n2c(=O)c(=O)[nH]c3ccc(C(=O)O)cc32)cn1. The molecule has 0 spiro atoms. The number of hydrogen-bond donors (Lipinski definition) is 2. The van der Waals surface area contributed by atoms with E-state index in [9.17, 15) is 14.4 Å². The van der Waals surface area contributed by atoms with Crippen molar-refractivity contribution >= 4 is 17.0 Å². The lowest BCUT2D eigenvalue weighted by Crippen LogP contribution is -2.35. The highest BCUT2D eigenvalue weighted by Gasteiger charge is 2.13. The molecule has 0 saturated carbocycles. The van der Waals surface area contributed by atoms with Crippen LogP contribution in [0.4, 0.5) is 0 Å². The van der Waals surface area contributed by atoms with E-state index in [1.807, 2.05) is 0 Å². The Morgan fingerprint density at radius 3 is 2.71 bits per heavy atom. The van der Waals surface area contributed by atoms with Gasteiger partial charge in [0.1, 0.15) is 0 Å². The Morgan fingerprint density at radius 2 is 2.10 bits per heavy atom. The van der Waals surface area contributed by atoms with E-state index >= 15 is 0 Å². The molecule has 0 aliphatic carbocycles. The Bertz CT molecular complexity index is 980. The lowest BCUT2D eigenvalue weighted by Gasteiger charge is -2.07. The molecule has 0 radical (unpaired) electrons. The number of aromatic amines is 1. The van der Waals surface area contributed by atoms with Crippen LogP contribution in [-0.2, 0) is 7.05 Å². The molecule has 21 heavy (non-hydrogen) atoms. The number of carboxylic acids is 1. The van der Waals surface area contributed by atoms with Crippen molar-refractivity contribution in [3.05, 3.63) is 56.9 Å². The number of rotatable bonds is 2. The Hall–Kier alpha value is -3.16. The fraction of sp³-hybridized carbons (Fsp3) is 0.0769. The normalized spacial score (nSPS) is 10.9. The van der Waals surface area contributed by atoms with Crippen LogP contribution in [0.2, 0.25) is 0 Å². The van der Waals surface area contributed by atoms with Crippen molar-refractivity contribution in [3.8, 4) is 5.69 Å². The van der Waals surface area contributed by atoms with Crippen molar-refractivity contribution in [2.24, 2.45) is 7.05 Å². The largest absolute Gasteiger partial charge is 0.478 e. The van der Waals surface area contributed by atoms with Crippen LogP contribution in [0.15, 0.2) is 40.2 Å². The van der Waals surface area contributed by atoms with Crippen LogP contribution in [0.1, 0.15) is 10.4 Å². The highest BCUT2D eigenvalue weighted by molar-refractivity contribution is 5.92. The van der Waals surface area contributed by atoms with E-state index < -0.39 is 17.1 Å². The van der Waals surface area contributed by atoms with Gasteiger partial charge < -0.3 is 10.1 Å². The number of carboxylic acid groups (broad SMARTS) is 1. The van der Waals surface area contributed by atoms with Crippen molar-refractivity contribution in [1.82, 2.24) is 19.3 Å². The molecule has 106 valence electrons. The van der Waals surface area contributed by atoms with Crippen molar-refractivity contribution < 1.29 is 9.90 Å². The van der Waals surface area contributed by atoms with Crippen LogP contribution in [0, 0.1) is 0 Å². The minimum Gasteiger partial charge on any atom is -0.478 e. The summed E-state index contributed by atoms with van der Waals surface area (Å²) in [5, 5.41) is 13.0. The van der Waals surface area contributed by atoms with Crippen molar-refractivity contribution in [2.75, 3.05) is 0 Å². The summed E-state index contributed by atoms with van der Waals surface area (Å²) in [6, 6.07) is 4.15. The molecule has 1 aromatic carbocycles. The number of H-pyrrole nitrogens is 1. The second kappa shape index (κ2) is 4.44. The predicted octanol–water partition coefficient (Wildman–Crippen LogP) is 0.111. The standard InChI is InChI=1S/C13H10N4O4/c1-16-6-8(5-14-16)17-10-4-7(13(20)21)2-3-9(10)15-11(18)12(17)19/h2-6H,1H3,(H,15,18)(H,20,21). The van der Waals surface area contributed by atoms with Crippen LogP contribution in [0.3, 0.4) is 0 Å². The number of aromatic carboxylic acids is 1. The van der Waals surface area contributed by atoms with Crippen LogP contribution in [0.5, 0.6) is 0 Å². The number of aromatic nitrogens is 4. The first kappa shape index (κ1) is 12.9. The topological polar surface area (TPSA) is 110 Å². The molecular formula is C13H10N4O4. The molecule has 8 nitrogen and oxygen atoms in total. The van der Waals surface area contributed by atoms with Gasteiger partial charge in [-0.25, -0.2) is 4.79 Å². The number of aryl methyl sites for hydroxylation is 1. The predicted molar refractivity (Wildman–Crippen MR) is 73.9 cm³/mol. The number of nitrogens with one attached hydrogen (secondary N) is 1. The van der Waals surface area contributed by atoms with Gasteiger partial charge in [-0.2, -0.15) is 5.10 Å². The Balaban J connectivity index is 2.47. The Kier molecular flexibility index (Phi) is 2.72. The van der Waals surface area contributed by atoms with Gasteiger partial charge in [-0.05, 0) is 18.2 Å². The van der Waals surface area contributed by atoms with E-state index in [-0.39, 0.29) is 5.56 Å². The van der Waals surface area contributed by atoms with Crippen LogP contribution >= 0.6 is 0 Å². The number of hydrogen-bond acceptors (Lipinski definition) is 4. The molecule has 0 atom stereocenters. The first-order valence-electron chi connectivity index (χ1n) is 5.99. The van der Waals surface area contributed by atoms with Crippen molar-refractivity contribution in [3.63, 3.8) is 0 Å². The van der Waals surface area contributed by atoms with E-state index in [0.717, 1.165) is 4.57 Å². The molecule has 0 aliphatic rings. The molecule has 0 unspecified atom stereocenters. The highest BCUT2D eigenvalue weighted by Crippen LogP contribution is 2.15. The maximum Gasteiger partial charge on any atom is 0.335 e. The lowest BCUT2D eigenvalue weighted by molar-refractivity contribution is 0.0697. The molecule has 0 amide bonds. The third kappa shape index (κ3) is 2.02. The molecule has 2 N–H and O–H groups in total. The van der Waals surface area contributed by atoms with Crippen LogP contribution < -0.4 is 11.1 Å². The van der Waals surface area contributed by atoms with Gasteiger partial charge in [-0.1, -0.05) is 0 Å². The number of carbonyl (C=O) groups is 1. The fourth-order valence-electron chi connectivity index (χ4n) is 2.12. The third-order valence-corrected chi connectivity index (χ3v) is 3.08. The molecule has 0 bridgehead atoms. The summed E-state index contributed by atoms with van der Waals surface area (Å²) in [6.45, 7) is 0. The molecule has 2 aromatic heterocycles. The second-order valence-electron chi connectivity index (χ2n) is 4.50. The quantitative estimate of drug-likeness (QED) is 0.650. The summed E-state index contributed by atoms with van der Waals surface area (Å²) >= 11 is 0. The number of fused-ring (bicyclic) bond motifs is 1. The monoisotopic (exact) mass is 286 g/mol. The molecular weight excluding hydrogens is 276 g/mol. The maximum absolute atomic E-state index is 12.1. The maximum atomic E-state index is 12.1. The second-order valence-corrected chi connectivity index (χ2v) is 4.50. The van der Waals surface area contributed by atoms with Gasteiger partial charge in [0.15, 0.2) is 0 Å². The molecule has 2 heterocycles. The average molecular weight is 286 g/mol. The first-order valence-corrected chi connectivity index (χ1v) is 5.99. The summed E-state index contributed by atoms with van der Waals surface area (Å²) in [6.07, 6.45) is 2.99. The minimum atomic E-state index is -1.12. The first-order chi connectivity index (χ1) is 9.97. The smallest absolute Gasteiger partial charge is 0.335 e. The van der Waals surface area contributed by atoms with Crippen molar-refractivity contribution in [2.45, 2.75) is 0 Å². The van der Waals surface area contributed by atoms with Crippen molar-refractivity contribution in [1.29, 1.82) is 0 Å². The zero-order valence-corrected chi connectivity index (χ0v) is 10.9. The Labute approximate surface area is 116 Å². The lowest BCUT2D eigenvalue weighted by atomic mass is 10.2. The fourth-order valence-corrected chi connectivity index (χ4v) is 2.12. The van der Waals surface area contributed by atoms with Gasteiger partial charge in [-0.15, -0.1) is 0 Å². The van der Waals surface area contributed by atoms with E-state index in [1.54, 1.807) is 13.2 Å². The summed E-state index contributed by atoms with van der Waals surface area (Å²) in [4.78, 5) is 37.3. The molecule has 0 fully saturated rings. The van der Waals surface area contributed by atoms with Gasteiger partial charge in [0.25, 0.3) is 0 Å². The van der Waals surface area contributed by atoms with Crippen LogP contribution in [-0.4, -0.2) is 30.4 Å². The minimum absolute atomic E-state index is 0.0200. The third-order valence-electron chi connectivity index (χ3n) is 3.08. The Morgan fingerprint density at radius 1 is 1.33 bits per heavy atom. The summed E-state index contributed by atoms with van der Waals surface area (Å²) in [5.74, 6) is -1.12. The van der Waals surface area contributed by atoms with Gasteiger partial charge >= 0.3 is 17.1 Å². The summed E-state index contributed by atoms with van der Waals surface area (Å²) in [7, 11) is 1.67.